The number of aryl methyl sites for hydroxylation is 1. The molecule has 4 aromatic rings. The number of hydrazone groups is 2. The monoisotopic (exact) mass is 436 g/mol. The van der Waals surface area contributed by atoms with E-state index in [2.05, 4.69) is 20.2 Å². The van der Waals surface area contributed by atoms with E-state index >= 15 is 0 Å². The lowest BCUT2D eigenvalue weighted by molar-refractivity contribution is 0.935. The molecule has 0 aliphatic heterocycles. The largest absolute Gasteiger partial charge is 0.255 e. The first kappa shape index (κ1) is 21.8. The Bertz CT molecular complexity index is 1160. The van der Waals surface area contributed by atoms with Crippen molar-refractivity contribution >= 4 is 24.1 Å². The van der Waals surface area contributed by atoms with E-state index in [4.69, 9.17) is 9.97 Å². The highest BCUT2D eigenvalue weighted by Crippen LogP contribution is 2.24. The van der Waals surface area contributed by atoms with Gasteiger partial charge in [0.1, 0.15) is 0 Å². The molecule has 1 aromatic carbocycles. The molecule has 0 unspecified atom stereocenters. The van der Waals surface area contributed by atoms with Crippen LogP contribution in [0.1, 0.15) is 17.0 Å². The molecule has 0 aliphatic carbocycles. The molecule has 8 nitrogen and oxygen atoms in total. The van der Waals surface area contributed by atoms with Gasteiger partial charge in [0, 0.05) is 38.1 Å². The number of aromatic nitrogens is 4. The summed E-state index contributed by atoms with van der Waals surface area (Å²) in [5, 5.41) is 12.4. The second-order valence-corrected chi connectivity index (χ2v) is 7.32. The average Bonchev–Trinajstić information content (AvgIpc) is 2.87. The molecule has 4 rings (SSSR count). The summed E-state index contributed by atoms with van der Waals surface area (Å²) in [7, 11) is 3.67. The van der Waals surface area contributed by atoms with E-state index in [0.717, 1.165) is 17.0 Å². The van der Waals surface area contributed by atoms with Gasteiger partial charge >= 0.3 is 0 Å². The number of nitrogens with zero attached hydrogens (tertiary/aromatic N) is 8. The summed E-state index contributed by atoms with van der Waals surface area (Å²) in [6.45, 7) is 2.05. The normalized spacial score (nSPS) is 11.2. The van der Waals surface area contributed by atoms with Crippen molar-refractivity contribution in [1.82, 2.24) is 19.9 Å². The Labute approximate surface area is 193 Å². The first-order valence-corrected chi connectivity index (χ1v) is 10.4. The van der Waals surface area contributed by atoms with E-state index in [-0.39, 0.29) is 0 Å². The van der Waals surface area contributed by atoms with E-state index in [1.165, 1.54) is 5.56 Å². The molecular weight excluding hydrogens is 412 g/mol. The predicted octanol–water partition coefficient (Wildman–Crippen LogP) is 4.18. The third-order valence-electron chi connectivity index (χ3n) is 4.77. The summed E-state index contributed by atoms with van der Waals surface area (Å²) < 4.78 is 0. The topological polar surface area (TPSA) is 82.8 Å². The highest BCUT2D eigenvalue weighted by Gasteiger charge is 2.12. The maximum absolute atomic E-state index is 4.74. The van der Waals surface area contributed by atoms with Gasteiger partial charge in [0.05, 0.1) is 23.8 Å². The predicted molar refractivity (Wildman–Crippen MR) is 133 cm³/mol. The van der Waals surface area contributed by atoms with E-state index < -0.39 is 0 Å². The molecule has 0 aliphatic rings. The second kappa shape index (κ2) is 10.2. The van der Waals surface area contributed by atoms with Crippen LogP contribution in [0.25, 0.3) is 11.4 Å². The maximum atomic E-state index is 4.74. The van der Waals surface area contributed by atoms with Crippen LogP contribution in [0.2, 0.25) is 0 Å². The molecule has 0 atom stereocenters. The number of rotatable bonds is 7. The van der Waals surface area contributed by atoms with E-state index in [1.807, 2.05) is 87.7 Å². The summed E-state index contributed by atoms with van der Waals surface area (Å²) in [6.07, 6.45) is 6.84. The minimum Gasteiger partial charge on any atom is -0.255 e. The van der Waals surface area contributed by atoms with Crippen LogP contribution in [0.5, 0.6) is 0 Å². The minimum atomic E-state index is 0.585. The fourth-order valence-electron chi connectivity index (χ4n) is 2.90. The molecule has 0 saturated carbocycles. The molecule has 33 heavy (non-hydrogen) atoms. The van der Waals surface area contributed by atoms with Crippen LogP contribution in [0, 0.1) is 6.92 Å². The van der Waals surface area contributed by atoms with E-state index in [9.17, 15) is 0 Å². The number of benzene rings is 1. The first-order valence-electron chi connectivity index (χ1n) is 10.4. The molecule has 0 N–H and O–H groups in total. The van der Waals surface area contributed by atoms with Crippen LogP contribution in [0.15, 0.2) is 89.3 Å². The van der Waals surface area contributed by atoms with Crippen molar-refractivity contribution in [3.63, 3.8) is 0 Å². The smallest absolute Gasteiger partial charge is 0.164 e. The van der Waals surface area contributed by atoms with Crippen molar-refractivity contribution in [2.75, 3.05) is 24.1 Å². The molecule has 0 spiro atoms. The highest BCUT2D eigenvalue weighted by molar-refractivity contribution is 5.78. The lowest BCUT2D eigenvalue weighted by atomic mass is 10.1. The fourth-order valence-corrected chi connectivity index (χ4v) is 2.90. The average molecular weight is 437 g/mol. The van der Waals surface area contributed by atoms with Crippen LogP contribution in [-0.4, -0.2) is 46.5 Å². The molecule has 0 fully saturated rings. The van der Waals surface area contributed by atoms with Gasteiger partial charge in [0.15, 0.2) is 17.5 Å². The van der Waals surface area contributed by atoms with Crippen LogP contribution in [0.3, 0.4) is 0 Å². The zero-order valence-corrected chi connectivity index (χ0v) is 18.7. The van der Waals surface area contributed by atoms with Crippen LogP contribution < -0.4 is 10.0 Å². The van der Waals surface area contributed by atoms with Gasteiger partial charge in [-0.05, 0) is 31.2 Å². The Kier molecular flexibility index (Phi) is 6.75. The molecule has 0 bridgehead atoms. The van der Waals surface area contributed by atoms with E-state index in [0.29, 0.717) is 17.5 Å². The fraction of sp³-hybridized carbons (Fsp3) is 0.120. The zero-order chi connectivity index (χ0) is 23.0. The molecule has 0 amide bonds. The van der Waals surface area contributed by atoms with Gasteiger partial charge in [-0.25, -0.2) is 9.97 Å². The number of hydrogen-bond acceptors (Lipinski definition) is 8. The number of pyridine rings is 2. The van der Waals surface area contributed by atoms with Crippen molar-refractivity contribution in [2.45, 2.75) is 6.92 Å². The molecule has 3 aromatic heterocycles. The van der Waals surface area contributed by atoms with Gasteiger partial charge in [-0.3, -0.25) is 20.0 Å². The first-order chi connectivity index (χ1) is 16.1. The van der Waals surface area contributed by atoms with Gasteiger partial charge in [0.2, 0.25) is 0 Å². The number of anilines is 2. The molecule has 3 heterocycles. The van der Waals surface area contributed by atoms with E-state index in [1.54, 1.807) is 34.8 Å². The van der Waals surface area contributed by atoms with Crippen molar-refractivity contribution in [3.05, 3.63) is 96.1 Å². The number of hydrogen-bond donors (Lipinski definition) is 0. The summed E-state index contributed by atoms with van der Waals surface area (Å²) in [4.78, 5) is 18.0. The zero-order valence-electron chi connectivity index (χ0n) is 18.7. The lowest BCUT2D eigenvalue weighted by Crippen LogP contribution is -2.16. The molecule has 164 valence electrons. The third-order valence-corrected chi connectivity index (χ3v) is 4.77. The van der Waals surface area contributed by atoms with Crippen molar-refractivity contribution in [1.29, 1.82) is 0 Å². The van der Waals surface area contributed by atoms with Crippen LogP contribution >= 0.6 is 0 Å². The third kappa shape index (κ3) is 5.82. The van der Waals surface area contributed by atoms with Gasteiger partial charge < -0.3 is 0 Å². The Balaban J connectivity index is 1.67. The lowest BCUT2D eigenvalue weighted by Gasteiger charge is -2.18. The van der Waals surface area contributed by atoms with Crippen LogP contribution in [0.4, 0.5) is 11.6 Å². The Morgan fingerprint density at radius 3 is 1.67 bits per heavy atom. The maximum Gasteiger partial charge on any atom is 0.164 e. The Morgan fingerprint density at radius 2 is 1.21 bits per heavy atom. The van der Waals surface area contributed by atoms with Crippen molar-refractivity contribution in [3.8, 4) is 11.4 Å². The van der Waals surface area contributed by atoms with Gasteiger partial charge in [0.25, 0.3) is 0 Å². The summed E-state index contributed by atoms with van der Waals surface area (Å²) in [5.74, 6) is 1.84. The summed E-state index contributed by atoms with van der Waals surface area (Å²) in [6, 6.07) is 21.3. The van der Waals surface area contributed by atoms with Crippen molar-refractivity contribution in [2.24, 2.45) is 10.2 Å². The van der Waals surface area contributed by atoms with Gasteiger partial charge in [-0.15, -0.1) is 0 Å². The Hall–Kier alpha value is -4.46. The minimum absolute atomic E-state index is 0.585. The SMILES string of the molecule is Cc1ccc(-c2nc(N(C)/N=C/c3ccccn3)cc(N(C)/N=C/c3ccccn3)n2)cc1. The van der Waals surface area contributed by atoms with Gasteiger partial charge in [-0.2, -0.15) is 10.2 Å². The second-order valence-electron chi connectivity index (χ2n) is 7.32. The summed E-state index contributed by atoms with van der Waals surface area (Å²) in [5.41, 5.74) is 3.60. The van der Waals surface area contributed by atoms with Gasteiger partial charge in [-0.1, -0.05) is 42.0 Å². The molecule has 0 saturated heterocycles. The highest BCUT2D eigenvalue weighted by atomic mass is 15.5. The molecular formula is C25H24N8. The molecule has 0 radical (unpaired) electrons. The quantitative estimate of drug-likeness (QED) is 0.319. The summed E-state index contributed by atoms with van der Waals surface area (Å²) >= 11 is 0. The van der Waals surface area contributed by atoms with Crippen LogP contribution in [-0.2, 0) is 0 Å². The molecule has 8 heteroatoms. The van der Waals surface area contributed by atoms with Crippen molar-refractivity contribution < 1.29 is 0 Å². The standard InChI is InChI=1S/C25H24N8/c1-19-10-12-20(13-11-19)25-30-23(32(2)28-17-21-8-4-6-14-26-21)16-24(31-25)33(3)29-18-22-9-5-7-15-27-22/h4-18H,1-3H3/b28-17+,29-18+. The Morgan fingerprint density at radius 1 is 0.697 bits per heavy atom.